The minimum Gasteiger partial charge on any atom is -0.406 e. The Morgan fingerprint density at radius 2 is 1.92 bits per heavy atom. The van der Waals surface area contributed by atoms with Crippen LogP contribution in [-0.2, 0) is 4.74 Å². The molecule has 0 radical (unpaired) electrons. The van der Waals surface area contributed by atoms with Crippen LogP contribution in [0.15, 0.2) is 24.3 Å². The van der Waals surface area contributed by atoms with Crippen LogP contribution in [0.1, 0.15) is 29.6 Å². The summed E-state index contributed by atoms with van der Waals surface area (Å²) in [6.07, 6.45) is -3.24. The Morgan fingerprint density at radius 3 is 2.50 bits per heavy atom. The van der Waals surface area contributed by atoms with Gasteiger partial charge in [-0.3, -0.25) is 4.79 Å². The van der Waals surface area contributed by atoms with Gasteiger partial charge in [0.15, 0.2) is 0 Å². The van der Waals surface area contributed by atoms with E-state index in [0.717, 1.165) is 25.0 Å². The Morgan fingerprint density at radius 1 is 1.29 bits per heavy atom. The SMILES string of the molecule is O=C(NCCC(O)C1CCOCC1)c1ccc(OC(F)(F)F)cc1. The summed E-state index contributed by atoms with van der Waals surface area (Å²) in [4.78, 5) is 11.9. The molecular formula is C16H20F3NO4. The Bertz CT molecular complexity index is 527. The summed E-state index contributed by atoms with van der Waals surface area (Å²) in [6.45, 7) is 1.57. The first-order valence-electron chi connectivity index (χ1n) is 7.75. The number of hydrogen-bond donors (Lipinski definition) is 2. The molecule has 1 aliphatic heterocycles. The van der Waals surface area contributed by atoms with Crippen molar-refractivity contribution in [3.63, 3.8) is 0 Å². The van der Waals surface area contributed by atoms with Gasteiger partial charge < -0.3 is 19.9 Å². The molecule has 1 fully saturated rings. The highest BCUT2D eigenvalue weighted by molar-refractivity contribution is 5.94. The molecule has 8 heteroatoms. The van der Waals surface area contributed by atoms with Gasteiger partial charge in [0.05, 0.1) is 6.10 Å². The highest BCUT2D eigenvalue weighted by atomic mass is 19.4. The lowest BCUT2D eigenvalue weighted by atomic mass is 9.92. The molecule has 2 rings (SSSR count). The first-order chi connectivity index (χ1) is 11.3. The molecule has 1 unspecified atom stereocenters. The molecule has 0 aromatic heterocycles. The van der Waals surface area contributed by atoms with Crippen molar-refractivity contribution in [3.05, 3.63) is 29.8 Å². The van der Waals surface area contributed by atoms with Gasteiger partial charge in [0.2, 0.25) is 0 Å². The topological polar surface area (TPSA) is 67.8 Å². The molecule has 0 spiro atoms. The number of aliphatic hydroxyl groups excluding tert-OH is 1. The van der Waals surface area contributed by atoms with Gasteiger partial charge in [-0.2, -0.15) is 0 Å². The number of ether oxygens (including phenoxy) is 2. The second-order valence-corrected chi connectivity index (χ2v) is 5.63. The second kappa shape index (κ2) is 8.34. The van der Waals surface area contributed by atoms with E-state index in [1.54, 1.807) is 0 Å². The Kier molecular flexibility index (Phi) is 6.44. The largest absolute Gasteiger partial charge is 0.573 e. The molecular weight excluding hydrogens is 327 g/mol. The number of alkyl halides is 3. The number of aliphatic hydroxyl groups is 1. The molecule has 2 N–H and O–H groups in total. The summed E-state index contributed by atoms with van der Waals surface area (Å²) < 4.78 is 45.2. The monoisotopic (exact) mass is 347 g/mol. The number of carbonyl (C=O) groups is 1. The number of amides is 1. The van der Waals surface area contributed by atoms with Crippen molar-refractivity contribution in [1.82, 2.24) is 5.32 Å². The lowest BCUT2D eigenvalue weighted by Gasteiger charge is -2.26. The molecule has 1 saturated heterocycles. The third kappa shape index (κ3) is 6.01. The highest BCUT2D eigenvalue weighted by Crippen LogP contribution is 2.23. The number of rotatable bonds is 6. The van der Waals surface area contributed by atoms with E-state index in [0.29, 0.717) is 19.6 Å². The number of hydrogen-bond acceptors (Lipinski definition) is 4. The smallest absolute Gasteiger partial charge is 0.406 e. The zero-order chi connectivity index (χ0) is 17.6. The van der Waals surface area contributed by atoms with Gasteiger partial charge in [0.1, 0.15) is 5.75 Å². The van der Waals surface area contributed by atoms with E-state index in [4.69, 9.17) is 4.74 Å². The summed E-state index contributed by atoms with van der Waals surface area (Å²) in [5, 5.41) is 12.7. The number of nitrogens with one attached hydrogen (secondary N) is 1. The van der Waals surface area contributed by atoms with E-state index in [1.165, 1.54) is 12.1 Å². The fourth-order valence-electron chi connectivity index (χ4n) is 2.58. The first kappa shape index (κ1) is 18.5. The summed E-state index contributed by atoms with van der Waals surface area (Å²) >= 11 is 0. The van der Waals surface area contributed by atoms with Crippen LogP contribution in [0.5, 0.6) is 5.75 Å². The predicted molar refractivity (Wildman–Crippen MR) is 79.6 cm³/mol. The molecule has 1 aromatic carbocycles. The van der Waals surface area contributed by atoms with Crippen LogP contribution in [0, 0.1) is 5.92 Å². The highest BCUT2D eigenvalue weighted by Gasteiger charge is 2.31. The van der Waals surface area contributed by atoms with Crippen molar-refractivity contribution < 1.29 is 32.5 Å². The van der Waals surface area contributed by atoms with Crippen LogP contribution in [0.25, 0.3) is 0 Å². The van der Waals surface area contributed by atoms with Gasteiger partial charge >= 0.3 is 6.36 Å². The minimum absolute atomic E-state index is 0.175. The zero-order valence-electron chi connectivity index (χ0n) is 13.0. The molecule has 0 bridgehead atoms. The zero-order valence-corrected chi connectivity index (χ0v) is 13.0. The summed E-state index contributed by atoms with van der Waals surface area (Å²) in [7, 11) is 0. The fraction of sp³-hybridized carbons (Fsp3) is 0.562. The van der Waals surface area contributed by atoms with Crippen molar-refractivity contribution >= 4 is 5.91 Å². The summed E-state index contributed by atoms with van der Waals surface area (Å²) in [6, 6.07) is 4.68. The fourth-order valence-corrected chi connectivity index (χ4v) is 2.58. The van der Waals surface area contributed by atoms with Gasteiger partial charge in [-0.15, -0.1) is 13.2 Å². The van der Waals surface area contributed by atoms with E-state index in [2.05, 4.69) is 10.1 Å². The van der Waals surface area contributed by atoms with Gasteiger partial charge in [-0.05, 0) is 49.4 Å². The van der Waals surface area contributed by atoms with E-state index < -0.39 is 18.4 Å². The summed E-state index contributed by atoms with van der Waals surface area (Å²) in [5.41, 5.74) is 0.227. The van der Waals surface area contributed by atoms with E-state index in [-0.39, 0.29) is 23.8 Å². The van der Waals surface area contributed by atoms with Gasteiger partial charge in [0.25, 0.3) is 5.91 Å². The molecule has 1 heterocycles. The van der Waals surface area contributed by atoms with Crippen molar-refractivity contribution in [2.75, 3.05) is 19.8 Å². The van der Waals surface area contributed by atoms with Crippen molar-refractivity contribution in [3.8, 4) is 5.75 Å². The molecule has 24 heavy (non-hydrogen) atoms. The third-order valence-electron chi connectivity index (χ3n) is 3.89. The molecule has 5 nitrogen and oxygen atoms in total. The minimum atomic E-state index is -4.76. The standard InChI is InChI=1S/C16H20F3NO4/c17-16(18,19)24-13-3-1-12(2-4-13)15(22)20-8-5-14(21)11-6-9-23-10-7-11/h1-4,11,14,21H,5-10H2,(H,20,22). The van der Waals surface area contributed by atoms with Crippen LogP contribution in [-0.4, -0.2) is 43.2 Å². The lowest BCUT2D eigenvalue weighted by molar-refractivity contribution is -0.274. The van der Waals surface area contributed by atoms with Gasteiger partial charge in [-0.25, -0.2) is 0 Å². The molecule has 134 valence electrons. The maximum atomic E-state index is 12.1. The molecule has 1 aromatic rings. The third-order valence-corrected chi connectivity index (χ3v) is 3.89. The predicted octanol–water partition coefficient (Wildman–Crippen LogP) is 2.49. The Labute approximate surface area is 137 Å². The van der Waals surface area contributed by atoms with Gasteiger partial charge in [-0.1, -0.05) is 0 Å². The van der Waals surface area contributed by atoms with Crippen molar-refractivity contribution in [1.29, 1.82) is 0 Å². The van der Waals surface area contributed by atoms with E-state index in [1.807, 2.05) is 0 Å². The van der Waals surface area contributed by atoms with Crippen LogP contribution in [0.4, 0.5) is 13.2 Å². The Balaban J connectivity index is 1.75. The van der Waals surface area contributed by atoms with Crippen LogP contribution >= 0.6 is 0 Å². The molecule has 0 aliphatic carbocycles. The Hall–Kier alpha value is -1.80. The van der Waals surface area contributed by atoms with Crippen molar-refractivity contribution in [2.24, 2.45) is 5.92 Å². The summed E-state index contributed by atoms with van der Waals surface area (Å²) in [5.74, 6) is -0.615. The average molecular weight is 347 g/mol. The van der Waals surface area contributed by atoms with Crippen LogP contribution < -0.4 is 10.1 Å². The van der Waals surface area contributed by atoms with Gasteiger partial charge in [0, 0.05) is 25.3 Å². The maximum absolute atomic E-state index is 12.1. The number of benzene rings is 1. The molecule has 1 atom stereocenters. The number of carbonyl (C=O) groups excluding carboxylic acids is 1. The molecule has 1 amide bonds. The lowest BCUT2D eigenvalue weighted by Crippen LogP contribution is -2.32. The normalized spacial score (nSPS) is 17.3. The molecule has 0 saturated carbocycles. The van der Waals surface area contributed by atoms with Crippen LogP contribution in [0.2, 0.25) is 0 Å². The van der Waals surface area contributed by atoms with Crippen molar-refractivity contribution in [2.45, 2.75) is 31.7 Å². The number of halogens is 3. The average Bonchev–Trinajstić information content (AvgIpc) is 2.54. The maximum Gasteiger partial charge on any atom is 0.573 e. The second-order valence-electron chi connectivity index (χ2n) is 5.63. The van der Waals surface area contributed by atoms with E-state index >= 15 is 0 Å². The quantitative estimate of drug-likeness (QED) is 0.830. The van der Waals surface area contributed by atoms with Crippen LogP contribution in [0.3, 0.4) is 0 Å². The molecule has 1 aliphatic rings. The first-order valence-corrected chi connectivity index (χ1v) is 7.75. The van der Waals surface area contributed by atoms with E-state index in [9.17, 15) is 23.1 Å².